The largest absolute Gasteiger partial charge is 0.368 e. The minimum atomic E-state index is 0. The van der Waals surface area contributed by atoms with E-state index in [0.717, 1.165) is 31.7 Å². The van der Waals surface area contributed by atoms with Gasteiger partial charge in [0.2, 0.25) is 0 Å². The first-order chi connectivity index (χ1) is 8.34. The molecule has 0 saturated carbocycles. The number of nitrogens with zero attached hydrogens (tertiary/aromatic N) is 2. The number of halogens is 1. The molecule has 3 rings (SSSR count). The summed E-state index contributed by atoms with van der Waals surface area (Å²) < 4.78 is 0. The molecule has 96 valence electrons. The summed E-state index contributed by atoms with van der Waals surface area (Å²) in [5, 5.41) is 4.65. The monoisotopic (exact) mass is 263 g/mol. The summed E-state index contributed by atoms with van der Waals surface area (Å²) in [6, 6.07) is 8.63. The quantitative estimate of drug-likeness (QED) is 0.856. The van der Waals surface area contributed by atoms with E-state index in [1.54, 1.807) is 0 Å². The number of aryl methyl sites for hydroxylation is 1. The van der Waals surface area contributed by atoms with Gasteiger partial charge in [0.25, 0.3) is 0 Å². The molecule has 3 nitrogen and oxygen atoms in total. The van der Waals surface area contributed by atoms with E-state index < -0.39 is 0 Å². The van der Waals surface area contributed by atoms with Crippen molar-refractivity contribution < 1.29 is 0 Å². The maximum atomic E-state index is 4.46. The van der Waals surface area contributed by atoms with Gasteiger partial charge in [-0.2, -0.15) is 0 Å². The molecule has 2 heterocycles. The SMILES string of the molecule is Cc1ccc2c(N3CCNCC3)ccnc2c1.Cl. The Bertz CT molecular complexity index is 536. The number of rotatable bonds is 1. The number of pyridine rings is 1. The van der Waals surface area contributed by atoms with Crippen LogP contribution in [-0.2, 0) is 0 Å². The number of nitrogens with one attached hydrogen (secondary N) is 1. The first kappa shape index (κ1) is 13.1. The van der Waals surface area contributed by atoms with Crippen molar-refractivity contribution in [1.82, 2.24) is 10.3 Å². The van der Waals surface area contributed by atoms with Crippen molar-refractivity contribution in [2.75, 3.05) is 31.1 Å². The maximum Gasteiger partial charge on any atom is 0.0725 e. The molecule has 1 aromatic heterocycles. The fraction of sp³-hybridized carbons (Fsp3) is 0.357. The van der Waals surface area contributed by atoms with Gasteiger partial charge in [0.1, 0.15) is 0 Å². The normalized spacial score (nSPS) is 15.5. The van der Waals surface area contributed by atoms with E-state index in [1.807, 2.05) is 6.20 Å². The van der Waals surface area contributed by atoms with Crippen molar-refractivity contribution in [2.45, 2.75) is 6.92 Å². The highest BCUT2D eigenvalue weighted by atomic mass is 35.5. The van der Waals surface area contributed by atoms with Crippen LogP contribution in [0.2, 0.25) is 0 Å². The summed E-state index contributed by atoms with van der Waals surface area (Å²) in [5.74, 6) is 0. The second-order valence-electron chi connectivity index (χ2n) is 4.59. The standard InChI is InChI=1S/C14H17N3.ClH/c1-11-2-3-12-13(10-11)16-5-4-14(12)17-8-6-15-7-9-17;/h2-5,10,15H,6-9H2,1H3;1H. The van der Waals surface area contributed by atoms with Crippen LogP contribution >= 0.6 is 12.4 Å². The fourth-order valence-electron chi connectivity index (χ4n) is 2.42. The van der Waals surface area contributed by atoms with E-state index in [4.69, 9.17) is 0 Å². The van der Waals surface area contributed by atoms with Gasteiger partial charge in [-0.25, -0.2) is 0 Å². The van der Waals surface area contributed by atoms with Crippen LogP contribution in [0.15, 0.2) is 30.5 Å². The zero-order chi connectivity index (χ0) is 11.7. The zero-order valence-electron chi connectivity index (χ0n) is 10.5. The first-order valence-electron chi connectivity index (χ1n) is 6.16. The van der Waals surface area contributed by atoms with Crippen LogP contribution in [0.4, 0.5) is 5.69 Å². The van der Waals surface area contributed by atoms with Crippen LogP contribution in [0.1, 0.15) is 5.56 Å². The summed E-state index contributed by atoms with van der Waals surface area (Å²) >= 11 is 0. The van der Waals surface area contributed by atoms with Gasteiger partial charge in [-0.15, -0.1) is 12.4 Å². The first-order valence-corrected chi connectivity index (χ1v) is 6.16. The van der Waals surface area contributed by atoms with Crippen molar-refractivity contribution in [2.24, 2.45) is 0 Å². The molecule has 18 heavy (non-hydrogen) atoms. The molecule has 0 aliphatic carbocycles. The Hall–Kier alpha value is -1.32. The van der Waals surface area contributed by atoms with Gasteiger partial charge in [-0.1, -0.05) is 12.1 Å². The molecular formula is C14H18ClN3. The van der Waals surface area contributed by atoms with E-state index in [0.29, 0.717) is 0 Å². The van der Waals surface area contributed by atoms with Gasteiger partial charge >= 0.3 is 0 Å². The van der Waals surface area contributed by atoms with Crippen LogP contribution in [0.3, 0.4) is 0 Å². The lowest BCUT2D eigenvalue weighted by molar-refractivity contribution is 0.590. The third-order valence-corrected chi connectivity index (χ3v) is 3.33. The smallest absolute Gasteiger partial charge is 0.0725 e. The van der Waals surface area contributed by atoms with Gasteiger partial charge < -0.3 is 10.2 Å². The molecule has 0 atom stereocenters. The summed E-state index contributed by atoms with van der Waals surface area (Å²) in [5.41, 5.74) is 3.68. The predicted octanol–water partition coefficient (Wildman–Crippen LogP) is 2.37. The van der Waals surface area contributed by atoms with E-state index in [9.17, 15) is 0 Å². The average Bonchev–Trinajstić information content (AvgIpc) is 2.39. The van der Waals surface area contributed by atoms with Crippen molar-refractivity contribution in [3.8, 4) is 0 Å². The fourth-order valence-corrected chi connectivity index (χ4v) is 2.42. The molecule has 1 N–H and O–H groups in total. The molecule has 0 radical (unpaired) electrons. The van der Waals surface area contributed by atoms with Crippen molar-refractivity contribution in [3.63, 3.8) is 0 Å². The third kappa shape index (κ3) is 2.42. The van der Waals surface area contributed by atoms with Crippen molar-refractivity contribution in [3.05, 3.63) is 36.0 Å². The minimum Gasteiger partial charge on any atom is -0.368 e. The number of anilines is 1. The number of piperazine rings is 1. The molecule has 0 spiro atoms. The number of hydrogen-bond acceptors (Lipinski definition) is 3. The Morgan fingerprint density at radius 3 is 2.72 bits per heavy atom. The van der Waals surface area contributed by atoms with Crippen LogP contribution in [0.5, 0.6) is 0 Å². The second-order valence-corrected chi connectivity index (χ2v) is 4.59. The number of hydrogen-bond donors (Lipinski definition) is 1. The van der Waals surface area contributed by atoms with Crippen LogP contribution in [0.25, 0.3) is 10.9 Å². The lowest BCUT2D eigenvalue weighted by Gasteiger charge is -2.30. The van der Waals surface area contributed by atoms with Crippen molar-refractivity contribution in [1.29, 1.82) is 0 Å². The van der Waals surface area contributed by atoms with E-state index >= 15 is 0 Å². The Morgan fingerprint density at radius 2 is 1.94 bits per heavy atom. The second kappa shape index (κ2) is 5.55. The Morgan fingerprint density at radius 1 is 1.17 bits per heavy atom. The molecule has 1 aliphatic heterocycles. The topological polar surface area (TPSA) is 28.2 Å². The van der Waals surface area contributed by atoms with E-state index in [1.165, 1.54) is 16.6 Å². The summed E-state index contributed by atoms with van der Waals surface area (Å²) in [4.78, 5) is 6.90. The van der Waals surface area contributed by atoms with Gasteiger partial charge in [0.05, 0.1) is 5.52 Å². The molecule has 4 heteroatoms. The molecule has 1 saturated heterocycles. The predicted molar refractivity (Wildman–Crippen MR) is 78.8 cm³/mol. The van der Waals surface area contributed by atoms with Gasteiger partial charge in [-0.05, 0) is 24.6 Å². The Balaban J connectivity index is 0.00000120. The number of aromatic nitrogens is 1. The number of benzene rings is 1. The van der Waals surface area contributed by atoms with Gasteiger partial charge in [-0.3, -0.25) is 4.98 Å². The van der Waals surface area contributed by atoms with Crippen LogP contribution < -0.4 is 10.2 Å². The van der Waals surface area contributed by atoms with Crippen molar-refractivity contribution >= 4 is 29.0 Å². The molecular weight excluding hydrogens is 246 g/mol. The Kier molecular flexibility index (Phi) is 4.04. The molecule has 0 unspecified atom stereocenters. The summed E-state index contributed by atoms with van der Waals surface area (Å²) in [6.07, 6.45) is 1.92. The Labute approximate surface area is 114 Å². The zero-order valence-corrected chi connectivity index (χ0v) is 11.3. The van der Waals surface area contributed by atoms with Crippen LogP contribution in [0, 0.1) is 6.92 Å². The van der Waals surface area contributed by atoms with E-state index in [-0.39, 0.29) is 12.4 Å². The molecule has 1 fully saturated rings. The van der Waals surface area contributed by atoms with Gasteiger partial charge in [0, 0.05) is 43.4 Å². The van der Waals surface area contributed by atoms with Crippen LogP contribution in [-0.4, -0.2) is 31.2 Å². The van der Waals surface area contributed by atoms with Gasteiger partial charge in [0.15, 0.2) is 0 Å². The molecule has 1 aromatic carbocycles. The number of fused-ring (bicyclic) bond motifs is 1. The highest BCUT2D eigenvalue weighted by Crippen LogP contribution is 2.26. The maximum absolute atomic E-state index is 4.46. The molecule has 2 aromatic rings. The highest BCUT2D eigenvalue weighted by molar-refractivity contribution is 5.91. The molecule has 0 bridgehead atoms. The average molecular weight is 264 g/mol. The summed E-state index contributed by atoms with van der Waals surface area (Å²) in [6.45, 7) is 6.39. The highest BCUT2D eigenvalue weighted by Gasteiger charge is 2.13. The molecule has 0 amide bonds. The van der Waals surface area contributed by atoms with E-state index in [2.05, 4.69) is 46.4 Å². The molecule has 1 aliphatic rings. The minimum absolute atomic E-state index is 0. The third-order valence-electron chi connectivity index (χ3n) is 3.33. The summed E-state index contributed by atoms with van der Waals surface area (Å²) in [7, 11) is 0. The lowest BCUT2D eigenvalue weighted by Crippen LogP contribution is -2.43. The lowest BCUT2D eigenvalue weighted by atomic mass is 10.1.